The largest absolute Gasteiger partial charge is 0.375 e. The first kappa shape index (κ1) is 14.9. The molecule has 1 heterocycles. The van der Waals surface area contributed by atoms with Crippen LogP contribution in [0.1, 0.15) is 12.8 Å². The summed E-state index contributed by atoms with van der Waals surface area (Å²) < 4.78 is 0. The Labute approximate surface area is 113 Å². The number of hydrogen-bond acceptors (Lipinski definition) is 8. The lowest BCUT2D eigenvalue weighted by molar-refractivity contribution is -0.385. The van der Waals surface area contributed by atoms with Gasteiger partial charge in [-0.3, -0.25) is 19.9 Å². The zero-order valence-corrected chi connectivity index (χ0v) is 10.4. The predicted molar refractivity (Wildman–Crippen MR) is 68.6 cm³/mol. The normalized spacial score (nSPS) is 9.50. The van der Waals surface area contributed by atoms with E-state index in [0.29, 0.717) is 0 Å². The van der Waals surface area contributed by atoms with Gasteiger partial charge in [-0.2, -0.15) is 15.5 Å². The lowest BCUT2D eigenvalue weighted by Gasteiger charge is -2.20. The van der Waals surface area contributed by atoms with Gasteiger partial charge in [0.15, 0.2) is 0 Å². The average Bonchev–Trinajstić information content (AvgIpc) is 2.37. The number of H-pyrrole nitrogens is 1. The van der Waals surface area contributed by atoms with Crippen molar-refractivity contribution in [3.63, 3.8) is 0 Å². The molecular weight excluding hydrogens is 266 g/mol. The molecule has 0 atom stereocenters. The summed E-state index contributed by atoms with van der Waals surface area (Å²) in [5.74, 6) is -0.503. The quantitative estimate of drug-likeness (QED) is 0.536. The first-order valence-corrected chi connectivity index (χ1v) is 5.54. The highest BCUT2D eigenvalue weighted by molar-refractivity contribution is 5.58. The molecule has 104 valence electrons. The van der Waals surface area contributed by atoms with Crippen molar-refractivity contribution in [2.24, 2.45) is 0 Å². The highest BCUT2D eigenvalue weighted by Crippen LogP contribution is 2.22. The topological polar surface area (TPSA) is 166 Å². The molecule has 0 aliphatic rings. The Hall–Kier alpha value is -3.14. The Morgan fingerprint density at radius 1 is 1.35 bits per heavy atom. The van der Waals surface area contributed by atoms with E-state index in [1.165, 1.54) is 4.90 Å². The summed E-state index contributed by atoms with van der Waals surface area (Å²) in [5, 5.41) is 28.1. The summed E-state index contributed by atoms with van der Waals surface area (Å²) in [6, 6.07) is 3.77. The molecule has 1 aromatic heterocycles. The van der Waals surface area contributed by atoms with E-state index in [9.17, 15) is 14.9 Å². The van der Waals surface area contributed by atoms with Crippen molar-refractivity contribution in [2.75, 3.05) is 23.7 Å². The van der Waals surface area contributed by atoms with E-state index < -0.39 is 16.2 Å². The van der Waals surface area contributed by atoms with Crippen molar-refractivity contribution >= 4 is 17.5 Å². The van der Waals surface area contributed by atoms with Crippen molar-refractivity contribution in [2.45, 2.75) is 12.8 Å². The number of aromatic nitrogens is 2. The molecule has 0 fully saturated rings. The van der Waals surface area contributed by atoms with E-state index in [1.54, 1.807) is 0 Å². The van der Waals surface area contributed by atoms with Crippen molar-refractivity contribution < 1.29 is 4.92 Å². The summed E-state index contributed by atoms with van der Waals surface area (Å²) in [4.78, 5) is 28.8. The van der Waals surface area contributed by atoms with Gasteiger partial charge in [0.05, 0.1) is 29.9 Å². The van der Waals surface area contributed by atoms with Gasteiger partial charge in [-0.05, 0) is 0 Å². The van der Waals surface area contributed by atoms with Crippen molar-refractivity contribution in [1.82, 2.24) is 9.97 Å². The summed E-state index contributed by atoms with van der Waals surface area (Å²) in [7, 11) is 0. The van der Waals surface area contributed by atoms with Crippen LogP contribution in [0.5, 0.6) is 0 Å². The van der Waals surface area contributed by atoms with Gasteiger partial charge in [-0.25, -0.2) is 0 Å². The third-order valence-electron chi connectivity index (χ3n) is 2.36. The molecule has 0 spiro atoms. The number of anilines is 2. The van der Waals surface area contributed by atoms with E-state index in [0.717, 1.165) is 0 Å². The number of aromatic amines is 1. The summed E-state index contributed by atoms with van der Waals surface area (Å²) in [5.41, 5.74) is 3.65. The fourth-order valence-electron chi connectivity index (χ4n) is 1.55. The molecule has 0 unspecified atom stereocenters. The Balaban J connectivity index is 3.30. The van der Waals surface area contributed by atoms with Crippen LogP contribution in [-0.2, 0) is 0 Å². The van der Waals surface area contributed by atoms with Gasteiger partial charge in [-0.15, -0.1) is 0 Å². The number of nitrogens with two attached hydrogens (primary N) is 1. The molecule has 10 heteroatoms. The van der Waals surface area contributed by atoms with E-state index in [-0.39, 0.29) is 37.7 Å². The van der Waals surface area contributed by atoms with Crippen LogP contribution in [0.4, 0.5) is 17.5 Å². The smallest absolute Gasteiger partial charge is 0.369 e. The Morgan fingerprint density at radius 2 is 1.90 bits per heavy atom. The predicted octanol–water partition coefficient (Wildman–Crippen LogP) is -0.106. The van der Waals surface area contributed by atoms with Gasteiger partial charge in [0.25, 0.3) is 0 Å². The lowest BCUT2D eigenvalue weighted by Crippen LogP contribution is -2.30. The molecule has 3 N–H and O–H groups in total. The third-order valence-corrected chi connectivity index (χ3v) is 2.36. The molecule has 0 amide bonds. The van der Waals surface area contributed by atoms with Crippen LogP contribution in [0.2, 0.25) is 0 Å². The maximum absolute atomic E-state index is 11.6. The number of hydrogen-bond donors (Lipinski definition) is 2. The van der Waals surface area contributed by atoms with E-state index >= 15 is 0 Å². The maximum Gasteiger partial charge on any atom is 0.375 e. The minimum Gasteiger partial charge on any atom is -0.369 e. The second-order valence-electron chi connectivity index (χ2n) is 3.68. The standard InChI is InChI=1S/C10H11N7O3/c11-3-1-5-16(6-2-4-12)8-7(17(19)20)9(18)15-10(13)14-8/h1-2,5-6H2,(H3,13,14,15,18). The van der Waals surface area contributed by atoms with Gasteiger partial charge in [0, 0.05) is 13.1 Å². The number of nitrogens with one attached hydrogen (secondary N) is 1. The van der Waals surface area contributed by atoms with Crippen LogP contribution >= 0.6 is 0 Å². The zero-order valence-electron chi connectivity index (χ0n) is 10.4. The van der Waals surface area contributed by atoms with Gasteiger partial charge < -0.3 is 10.6 Å². The first-order chi connectivity index (χ1) is 9.51. The number of nitrogen functional groups attached to an aromatic ring is 1. The zero-order chi connectivity index (χ0) is 15.1. The van der Waals surface area contributed by atoms with Crippen LogP contribution in [0.3, 0.4) is 0 Å². The van der Waals surface area contributed by atoms with E-state index in [2.05, 4.69) is 4.98 Å². The Bertz CT molecular complexity index is 622. The maximum atomic E-state index is 11.6. The molecule has 0 aromatic carbocycles. The summed E-state index contributed by atoms with van der Waals surface area (Å²) in [6.45, 7) is 0.212. The van der Waals surface area contributed by atoms with Crippen LogP contribution in [0, 0.1) is 32.8 Å². The molecule has 0 aliphatic carbocycles. The number of nitriles is 2. The van der Waals surface area contributed by atoms with Crippen LogP contribution in [0.25, 0.3) is 0 Å². The third kappa shape index (κ3) is 3.43. The molecule has 0 saturated carbocycles. The van der Waals surface area contributed by atoms with E-state index in [4.69, 9.17) is 16.3 Å². The SMILES string of the molecule is N#CCCN(CCC#N)c1nc(N)[nH]c(=O)c1[N+](=O)[O-]. The van der Waals surface area contributed by atoms with Crippen LogP contribution in [0.15, 0.2) is 4.79 Å². The van der Waals surface area contributed by atoms with Crippen LogP contribution < -0.4 is 16.2 Å². The summed E-state index contributed by atoms with van der Waals surface area (Å²) in [6.07, 6.45) is 0.133. The van der Waals surface area contributed by atoms with Gasteiger partial charge >= 0.3 is 11.2 Å². The molecule has 0 radical (unpaired) electrons. The molecule has 1 aromatic rings. The van der Waals surface area contributed by atoms with Crippen molar-refractivity contribution in [3.8, 4) is 12.1 Å². The monoisotopic (exact) mass is 277 g/mol. The second-order valence-corrected chi connectivity index (χ2v) is 3.68. The average molecular weight is 277 g/mol. The molecule has 0 aliphatic heterocycles. The minimum atomic E-state index is -0.976. The number of nitro groups is 1. The molecule has 10 nitrogen and oxygen atoms in total. The molecule has 0 bridgehead atoms. The fourth-order valence-corrected chi connectivity index (χ4v) is 1.55. The highest BCUT2D eigenvalue weighted by Gasteiger charge is 2.26. The van der Waals surface area contributed by atoms with Crippen LogP contribution in [-0.4, -0.2) is 28.0 Å². The summed E-state index contributed by atoms with van der Waals surface area (Å²) >= 11 is 0. The number of nitrogens with zero attached hydrogens (tertiary/aromatic N) is 5. The van der Waals surface area contributed by atoms with E-state index in [1.807, 2.05) is 17.1 Å². The highest BCUT2D eigenvalue weighted by atomic mass is 16.6. The molecule has 0 saturated heterocycles. The van der Waals surface area contributed by atoms with Crippen molar-refractivity contribution in [3.05, 3.63) is 20.5 Å². The minimum absolute atomic E-state index is 0.0664. The molecule has 1 rings (SSSR count). The Morgan fingerprint density at radius 3 is 2.35 bits per heavy atom. The molecular formula is C10H11N7O3. The lowest BCUT2D eigenvalue weighted by atomic mass is 10.3. The number of rotatable bonds is 6. The molecule has 20 heavy (non-hydrogen) atoms. The van der Waals surface area contributed by atoms with Gasteiger partial charge in [0.1, 0.15) is 0 Å². The van der Waals surface area contributed by atoms with Crippen molar-refractivity contribution in [1.29, 1.82) is 10.5 Å². The van der Waals surface area contributed by atoms with Gasteiger partial charge in [-0.1, -0.05) is 0 Å². The van der Waals surface area contributed by atoms with Gasteiger partial charge in [0.2, 0.25) is 11.8 Å². The Kier molecular flexibility index (Phi) is 5.00. The first-order valence-electron chi connectivity index (χ1n) is 5.54. The second kappa shape index (κ2) is 6.70. The fraction of sp³-hybridized carbons (Fsp3) is 0.400.